The fraction of sp³-hybridized carbons (Fsp3) is 0.167. The number of esters is 1. The van der Waals surface area contributed by atoms with Gasteiger partial charge in [-0.1, -0.05) is 6.58 Å². The molecule has 0 spiro atoms. The maximum absolute atomic E-state index is 10.6. The Labute approximate surface area is 69.5 Å². The Morgan fingerprint density at radius 2 is 2.08 bits per heavy atom. The van der Waals surface area contributed by atoms with E-state index in [4.69, 9.17) is 9.79 Å². The summed E-state index contributed by atoms with van der Waals surface area (Å²) in [5.74, 6) is -0.229. The molecule has 0 saturated heterocycles. The lowest BCUT2D eigenvalue weighted by Gasteiger charge is -1.97. The minimum absolute atomic E-state index is 0.158. The summed E-state index contributed by atoms with van der Waals surface area (Å²) >= 11 is 0. The van der Waals surface area contributed by atoms with Crippen molar-refractivity contribution in [1.29, 1.82) is 0 Å². The maximum atomic E-state index is 10.6. The van der Waals surface area contributed by atoms with Crippen LogP contribution in [-0.4, -0.2) is 15.8 Å². The third-order valence-corrected chi connectivity index (χ3v) is 1.29. The Bertz CT molecular complexity index is 261. The molecule has 0 rings (SSSR count). The molecule has 2 N–H and O–H groups in total. The molecule has 5 nitrogen and oxygen atoms in total. The first-order valence-electron chi connectivity index (χ1n) is 2.92. The van der Waals surface area contributed by atoms with Crippen molar-refractivity contribution in [2.75, 3.05) is 0 Å². The van der Waals surface area contributed by atoms with Crippen LogP contribution in [0, 0.1) is 0 Å². The molecule has 0 saturated carbocycles. The van der Waals surface area contributed by atoms with E-state index in [1.807, 2.05) is 0 Å². The Kier molecular flexibility index (Phi) is 3.89. The van der Waals surface area contributed by atoms with E-state index < -0.39 is 13.6 Å². The highest BCUT2D eigenvalue weighted by atomic mass is 31.2. The molecule has 0 aliphatic carbocycles. The van der Waals surface area contributed by atoms with Gasteiger partial charge in [-0.2, -0.15) is 0 Å². The van der Waals surface area contributed by atoms with Crippen molar-refractivity contribution in [1.82, 2.24) is 0 Å². The van der Waals surface area contributed by atoms with E-state index in [0.29, 0.717) is 12.1 Å². The fourth-order valence-corrected chi connectivity index (χ4v) is 0.492. The molecular formula is C6H9O5P. The summed E-state index contributed by atoms with van der Waals surface area (Å²) in [6.07, 6.45) is 0.651. The summed E-state index contributed by atoms with van der Waals surface area (Å²) in [4.78, 5) is 27.2. The first-order valence-corrected chi connectivity index (χ1v) is 4.60. The lowest BCUT2D eigenvalue weighted by molar-refractivity contribution is -0.133. The molecule has 0 aromatic rings. The van der Waals surface area contributed by atoms with E-state index in [0.717, 1.165) is 0 Å². The third-order valence-electron chi connectivity index (χ3n) is 0.779. The molecule has 12 heavy (non-hydrogen) atoms. The summed E-state index contributed by atoms with van der Waals surface area (Å²) in [6, 6.07) is 0. The van der Waals surface area contributed by atoms with Crippen LogP contribution in [0.25, 0.3) is 0 Å². The molecule has 0 aromatic carbocycles. The van der Waals surface area contributed by atoms with Crippen molar-refractivity contribution < 1.29 is 23.9 Å². The van der Waals surface area contributed by atoms with Crippen LogP contribution < -0.4 is 0 Å². The molecule has 0 aromatic heterocycles. The fourth-order valence-electron chi connectivity index (χ4n) is 0.272. The maximum Gasteiger partial charge on any atom is 0.352 e. The lowest BCUT2D eigenvalue weighted by Crippen LogP contribution is -1.98. The quantitative estimate of drug-likeness (QED) is 0.298. The molecule has 0 fully saturated rings. The molecule has 68 valence electrons. The Morgan fingerprint density at radius 1 is 1.58 bits per heavy atom. The van der Waals surface area contributed by atoms with Crippen LogP contribution in [0.2, 0.25) is 0 Å². The van der Waals surface area contributed by atoms with Gasteiger partial charge in [0.2, 0.25) is 0 Å². The second-order valence-corrected chi connectivity index (χ2v) is 3.54. The number of rotatable bonds is 3. The van der Waals surface area contributed by atoms with Crippen molar-refractivity contribution in [2.45, 2.75) is 6.92 Å². The smallest absolute Gasteiger partial charge is 0.352 e. The van der Waals surface area contributed by atoms with E-state index >= 15 is 0 Å². The largest absolute Gasteiger partial charge is 0.431 e. The van der Waals surface area contributed by atoms with Gasteiger partial charge in [0.25, 0.3) is 0 Å². The summed E-state index contributed by atoms with van der Waals surface area (Å²) in [7, 11) is -4.24. The van der Waals surface area contributed by atoms with Gasteiger partial charge in [-0.05, 0) is 6.92 Å². The molecule has 0 heterocycles. The van der Waals surface area contributed by atoms with Gasteiger partial charge >= 0.3 is 13.6 Å². The summed E-state index contributed by atoms with van der Waals surface area (Å²) in [6.45, 7) is 4.69. The molecule has 0 aliphatic heterocycles. The van der Waals surface area contributed by atoms with Gasteiger partial charge in [-0.3, -0.25) is 4.57 Å². The highest BCUT2D eigenvalue weighted by Gasteiger charge is 2.06. The molecule has 0 radical (unpaired) electrons. The van der Waals surface area contributed by atoms with E-state index in [9.17, 15) is 9.36 Å². The van der Waals surface area contributed by atoms with Crippen molar-refractivity contribution in [3.05, 3.63) is 24.2 Å². The van der Waals surface area contributed by atoms with Gasteiger partial charge in [0.05, 0.1) is 5.82 Å². The normalized spacial score (nSPS) is 11.6. The van der Waals surface area contributed by atoms with Crippen LogP contribution in [0.5, 0.6) is 0 Å². The third kappa shape index (κ3) is 5.85. The van der Waals surface area contributed by atoms with Gasteiger partial charge in [0.15, 0.2) is 0 Å². The monoisotopic (exact) mass is 192 g/mol. The highest BCUT2D eigenvalue weighted by Crippen LogP contribution is 2.35. The van der Waals surface area contributed by atoms with Crippen molar-refractivity contribution in [3.63, 3.8) is 0 Å². The Hall–Kier alpha value is -0.900. The predicted octanol–water partition coefficient (Wildman–Crippen LogP) is 0.755. The van der Waals surface area contributed by atoms with E-state index in [1.165, 1.54) is 6.92 Å². The summed E-state index contributed by atoms with van der Waals surface area (Å²) in [5, 5.41) is 0. The summed E-state index contributed by atoms with van der Waals surface area (Å²) < 4.78 is 14.4. The van der Waals surface area contributed by atoms with E-state index in [1.54, 1.807) is 0 Å². The van der Waals surface area contributed by atoms with Crippen molar-refractivity contribution in [3.8, 4) is 0 Å². The van der Waals surface area contributed by atoms with Crippen LogP contribution in [0.3, 0.4) is 0 Å². The molecule has 0 atom stereocenters. The van der Waals surface area contributed by atoms with Crippen LogP contribution in [0.15, 0.2) is 24.2 Å². The van der Waals surface area contributed by atoms with Gasteiger partial charge in [0, 0.05) is 5.57 Å². The average Bonchev–Trinajstić information content (AvgIpc) is 1.84. The number of carbonyl (C=O) groups is 1. The number of carbonyl (C=O) groups excluding carboxylic acids is 1. The second-order valence-electron chi connectivity index (χ2n) is 2.06. The Balaban J connectivity index is 4.01. The zero-order chi connectivity index (χ0) is 9.78. The van der Waals surface area contributed by atoms with Gasteiger partial charge in [-0.25, -0.2) is 4.79 Å². The van der Waals surface area contributed by atoms with Crippen LogP contribution >= 0.6 is 7.60 Å². The zero-order valence-corrected chi connectivity index (χ0v) is 7.32. The van der Waals surface area contributed by atoms with Crippen LogP contribution in [-0.2, 0) is 14.1 Å². The van der Waals surface area contributed by atoms with E-state index in [-0.39, 0.29) is 5.57 Å². The molecule has 0 amide bonds. The van der Waals surface area contributed by atoms with Crippen LogP contribution in [0.4, 0.5) is 0 Å². The van der Waals surface area contributed by atoms with Crippen LogP contribution in [0.1, 0.15) is 6.92 Å². The molecule has 6 heteroatoms. The molecule has 0 unspecified atom stereocenters. The van der Waals surface area contributed by atoms with E-state index in [2.05, 4.69) is 11.3 Å². The van der Waals surface area contributed by atoms with Crippen molar-refractivity contribution in [2.24, 2.45) is 0 Å². The topological polar surface area (TPSA) is 83.8 Å². The first-order chi connectivity index (χ1) is 5.33. The SMILES string of the molecule is C=C(C)C(=O)OC=CP(=O)(O)O. The predicted molar refractivity (Wildman–Crippen MR) is 42.1 cm³/mol. The molecular weight excluding hydrogens is 183 g/mol. The summed E-state index contributed by atoms with van der Waals surface area (Å²) in [5.41, 5.74) is 0.158. The van der Waals surface area contributed by atoms with Gasteiger partial charge in [0.1, 0.15) is 6.26 Å². The van der Waals surface area contributed by atoms with Gasteiger partial charge in [-0.15, -0.1) is 0 Å². The minimum Gasteiger partial charge on any atom is -0.431 e. The minimum atomic E-state index is -4.24. The second kappa shape index (κ2) is 4.21. The lowest BCUT2D eigenvalue weighted by atomic mass is 10.4. The number of hydrogen-bond acceptors (Lipinski definition) is 3. The number of hydrogen-bond donors (Lipinski definition) is 2. The molecule has 0 aliphatic rings. The van der Waals surface area contributed by atoms with Crippen molar-refractivity contribution >= 4 is 13.6 Å². The number of ether oxygens (including phenoxy) is 1. The zero-order valence-electron chi connectivity index (χ0n) is 6.43. The Morgan fingerprint density at radius 3 is 2.42 bits per heavy atom. The van der Waals surface area contributed by atoms with Gasteiger partial charge < -0.3 is 14.5 Å². The first kappa shape index (κ1) is 11.1. The molecule has 0 bridgehead atoms. The standard InChI is InChI=1S/C6H9O5P/c1-5(2)6(7)11-3-4-12(8,9)10/h3-4H,1H2,2H3,(H2,8,9,10). The highest BCUT2D eigenvalue weighted by molar-refractivity contribution is 7.55. The average molecular weight is 192 g/mol.